The first-order valence-electron chi connectivity index (χ1n) is 12.2. The molecule has 1 aliphatic carbocycles. The first kappa shape index (κ1) is 22.0. The topological polar surface area (TPSA) is 91.6 Å². The third-order valence-electron chi connectivity index (χ3n) is 7.48. The number of aromatic nitrogens is 5. The number of pyridine rings is 1. The van der Waals surface area contributed by atoms with Crippen molar-refractivity contribution in [1.82, 2.24) is 29.5 Å². The minimum Gasteiger partial charge on any atom is -0.493 e. The summed E-state index contributed by atoms with van der Waals surface area (Å²) in [7, 11) is 1.66. The van der Waals surface area contributed by atoms with Crippen molar-refractivity contribution in [1.29, 1.82) is 0 Å². The van der Waals surface area contributed by atoms with Crippen LogP contribution in [-0.2, 0) is 0 Å². The van der Waals surface area contributed by atoms with Crippen LogP contribution in [0.2, 0.25) is 0 Å². The fourth-order valence-corrected chi connectivity index (χ4v) is 6.98. The maximum absolute atomic E-state index is 10.1. The Balaban J connectivity index is 1.29. The molecular weight excluding hydrogens is 448 g/mol. The molecule has 0 amide bonds. The monoisotopic (exact) mass is 480 g/mol. The Kier molecular flexibility index (Phi) is 5.20. The number of β-amino-alcohol motifs (C(OH)–C–C–N with tert-alkyl or cyclic N) is 1. The summed E-state index contributed by atoms with van der Waals surface area (Å²) in [5.41, 5.74) is 4.68. The maximum atomic E-state index is 10.1. The summed E-state index contributed by atoms with van der Waals surface area (Å²) in [4.78, 5) is 16.8. The molecule has 8 nitrogen and oxygen atoms in total. The van der Waals surface area contributed by atoms with Crippen molar-refractivity contribution in [3.63, 3.8) is 0 Å². The number of likely N-dealkylation sites (tertiary alicyclic amines) is 1. The minimum atomic E-state index is -0.488. The van der Waals surface area contributed by atoms with E-state index >= 15 is 0 Å². The molecule has 0 bridgehead atoms. The standard InChI is InChI=1S/C25H32N6O2S/c1-14(2)19-20(16-9-18(33-4)22-26-13-27-31(22)10-16)28-24-21(19)29-23(34-24)15-5-7-17(8-6-15)30-11-25(3,32)12-30/h9-10,13-15,17,28,32H,5-8,11-12H2,1-4H3. The molecule has 1 saturated heterocycles. The van der Waals surface area contributed by atoms with Crippen molar-refractivity contribution in [3.8, 4) is 17.0 Å². The number of fused-ring (bicyclic) bond motifs is 2. The second kappa shape index (κ2) is 8.03. The number of H-pyrrole nitrogens is 1. The molecule has 2 N–H and O–H groups in total. The fourth-order valence-electron chi connectivity index (χ4n) is 5.83. The van der Waals surface area contributed by atoms with Crippen LogP contribution in [0.25, 0.3) is 27.3 Å². The van der Waals surface area contributed by atoms with E-state index in [1.165, 1.54) is 36.3 Å². The zero-order valence-electron chi connectivity index (χ0n) is 20.2. The summed E-state index contributed by atoms with van der Waals surface area (Å²) < 4.78 is 7.35. The number of nitrogens with zero attached hydrogens (tertiary/aromatic N) is 5. The van der Waals surface area contributed by atoms with Gasteiger partial charge in [-0.3, -0.25) is 4.90 Å². The van der Waals surface area contributed by atoms with Crippen molar-refractivity contribution in [3.05, 3.63) is 29.2 Å². The Bertz CT molecular complexity index is 1340. The Hall–Kier alpha value is -2.49. The molecule has 2 aliphatic rings. The maximum Gasteiger partial charge on any atom is 0.197 e. The normalized spacial score (nSPS) is 23.1. The highest BCUT2D eigenvalue weighted by atomic mass is 32.1. The molecule has 0 spiro atoms. The molecule has 4 aromatic rings. The van der Waals surface area contributed by atoms with Crippen LogP contribution in [0.3, 0.4) is 0 Å². The number of ether oxygens (including phenoxy) is 1. The highest BCUT2D eigenvalue weighted by Crippen LogP contribution is 2.43. The SMILES string of the molecule is COc1cc(-c2[nH]c3sc(C4CCC(N5CC(C)(O)C5)CC4)nc3c2C(C)C)cn2ncnc12. The number of rotatable bonds is 5. The van der Waals surface area contributed by atoms with Crippen LogP contribution in [0.15, 0.2) is 18.6 Å². The molecular formula is C25H32N6O2S. The van der Waals surface area contributed by atoms with Crippen molar-refractivity contribution in [2.45, 2.75) is 69.9 Å². The van der Waals surface area contributed by atoms with Crippen LogP contribution < -0.4 is 4.74 Å². The van der Waals surface area contributed by atoms with E-state index < -0.39 is 5.60 Å². The van der Waals surface area contributed by atoms with E-state index in [0.29, 0.717) is 29.3 Å². The molecule has 2 fully saturated rings. The lowest BCUT2D eigenvalue weighted by Gasteiger charge is -2.50. The molecule has 0 unspecified atom stereocenters. The summed E-state index contributed by atoms with van der Waals surface area (Å²) >= 11 is 1.81. The Labute approximate surface area is 203 Å². The number of methoxy groups -OCH3 is 1. The van der Waals surface area contributed by atoms with Gasteiger partial charge < -0.3 is 14.8 Å². The van der Waals surface area contributed by atoms with E-state index in [-0.39, 0.29) is 0 Å². The largest absolute Gasteiger partial charge is 0.493 e. The van der Waals surface area contributed by atoms with Crippen molar-refractivity contribution >= 4 is 27.3 Å². The van der Waals surface area contributed by atoms with Gasteiger partial charge in [-0.2, -0.15) is 5.10 Å². The highest BCUT2D eigenvalue weighted by Gasteiger charge is 2.41. The first-order valence-corrected chi connectivity index (χ1v) is 13.0. The molecule has 4 aromatic heterocycles. The van der Waals surface area contributed by atoms with Gasteiger partial charge in [-0.1, -0.05) is 13.8 Å². The molecule has 6 rings (SSSR count). The van der Waals surface area contributed by atoms with Crippen LogP contribution in [-0.4, -0.2) is 66.4 Å². The lowest BCUT2D eigenvalue weighted by molar-refractivity contribution is -0.107. The van der Waals surface area contributed by atoms with Crippen molar-refractivity contribution in [2.24, 2.45) is 0 Å². The first-order chi connectivity index (χ1) is 16.3. The quantitative estimate of drug-likeness (QED) is 0.435. The van der Waals surface area contributed by atoms with E-state index in [1.54, 1.807) is 18.0 Å². The molecule has 0 atom stereocenters. The van der Waals surface area contributed by atoms with Gasteiger partial charge in [0.2, 0.25) is 0 Å². The number of hydrogen-bond acceptors (Lipinski definition) is 7. The average molecular weight is 481 g/mol. The van der Waals surface area contributed by atoms with Gasteiger partial charge in [0.1, 0.15) is 16.7 Å². The number of thiazole rings is 1. The van der Waals surface area contributed by atoms with E-state index in [1.807, 2.05) is 30.5 Å². The average Bonchev–Trinajstić information content (AvgIpc) is 3.50. The van der Waals surface area contributed by atoms with Gasteiger partial charge in [0, 0.05) is 42.4 Å². The second-order valence-electron chi connectivity index (χ2n) is 10.5. The van der Waals surface area contributed by atoms with E-state index in [9.17, 15) is 5.11 Å². The summed E-state index contributed by atoms with van der Waals surface area (Å²) in [5.74, 6) is 1.56. The zero-order valence-corrected chi connectivity index (χ0v) is 21.0. The zero-order chi connectivity index (χ0) is 23.6. The van der Waals surface area contributed by atoms with Gasteiger partial charge in [0.05, 0.1) is 23.4 Å². The van der Waals surface area contributed by atoms with Gasteiger partial charge in [-0.05, 0) is 44.6 Å². The van der Waals surface area contributed by atoms with E-state index in [4.69, 9.17) is 9.72 Å². The minimum absolute atomic E-state index is 0.325. The lowest BCUT2D eigenvalue weighted by Crippen LogP contribution is -2.63. The molecule has 180 valence electrons. The number of aliphatic hydroxyl groups is 1. The Morgan fingerprint density at radius 3 is 2.68 bits per heavy atom. The molecule has 34 heavy (non-hydrogen) atoms. The summed E-state index contributed by atoms with van der Waals surface area (Å²) in [6.07, 6.45) is 8.27. The smallest absolute Gasteiger partial charge is 0.197 e. The van der Waals surface area contributed by atoms with Crippen LogP contribution >= 0.6 is 11.3 Å². The predicted octanol–water partition coefficient (Wildman–Crippen LogP) is 4.56. The number of hydrogen-bond donors (Lipinski definition) is 2. The number of aromatic amines is 1. The lowest BCUT2D eigenvalue weighted by atomic mass is 9.82. The fraction of sp³-hybridized carbons (Fsp3) is 0.560. The van der Waals surface area contributed by atoms with Gasteiger partial charge in [0.25, 0.3) is 0 Å². The van der Waals surface area contributed by atoms with E-state index in [2.05, 4.69) is 33.8 Å². The predicted molar refractivity (Wildman–Crippen MR) is 134 cm³/mol. The molecule has 1 saturated carbocycles. The van der Waals surface area contributed by atoms with Gasteiger partial charge >= 0.3 is 0 Å². The van der Waals surface area contributed by atoms with Crippen molar-refractivity contribution < 1.29 is 9.84 Å². The Morgan fingerprint density at radius 2 is 2.00 bits per heavy atom. The van der Waals surface area contributed by atoms with Gasteiger partial charge in [0.15, 0.2) is 11.4 Å². The molecule has 5 heterocycles. The van der Waals surface area contributed by atoms with Gasteiger partial charge in [-0.25, -0.2) is 14.5 Å². The molecule has 9 heteroatoms. The van der Waals surface area contributed by atoms with Crippen molar-refractivity contribution in [2.75, 3.05) is 20.2 Å². The van der Waals surface area contributed by atoms with Crippen LogP contribution in [0.1, 0.15) is 68.9 Å². The highest BCUT2D eigenvalue weighted by molar-refractivity contribution is 7.18. The summed E-state index contributed by atoms with van der Waals surface area (Å²) in [6.45, 7) is 8.02. The third kappa shape index (κ3) is 3.61. The van der Waals surface area contributed by atoms with Crippen LogP contribution in [0, 0.1) is 0 Å². The van der Waals surface area contributed by atoms with Crippen LogP contribution in [0.4, 0.5) is 0 Å². The van der Waals surface area contributed by atoms with E-state index in [0.717, 1.165) is 34.7 Å². The van der Waals surface area contributed by atoms with Gasteiger partial charge in [-0.15, -0.1) is 11.3 Å². The number of nitrogens with one attached hydrogen (secondary N) is 1. The second-order valence-corrected chi connectivity index (χ2v) is 11.6. The molecule has 0 radical (unpaired) electrons. The Morgan fingerprint density at radius 1 is 1.24 bits per heavy atom. The van der Waals surface area contributed by atoms with Crippen LogP contribution in [0.5, 0.6) is 5.75 Å². The summed E-state index contributed by atoms with van der Waals surface area (Å²) in [6, 6.07) is 2.64. The molecule has 0 aromatic carbocycles. The third-order valence-corrected chi connectivity index (χ3v) is 8.62. The summed E-state index contributed by atoms with van der Waals surface area (Å²) in [5, 5.41) is 15.7. The molecule has 1 aliphatic heterocycles.